The summed E-state index contributed by atoms with van der Waals surface area (Å²) in [6, 6.07) is 9.19. The fourth-order valence-electron chi connectivity index (χ4n) is 3.11. The second kappa shape index (κ2) is 11.9. The van der Waals surface area contributed by atoms with Crippen LogP contribution in [0, 0.1) is 5.82 Å². The zero-order valence-corrected chi connectivity index (χ0v) is 21.7. The first kappa shape index (κ1) is 27.9. The molecule has 0 heterocycles. The van der Waals surface area contributed by atoms with Crippen molar-refractivity contribution in [2.75, 3.05) is 17.1 Å². The summed E-state index contributed by atoms with van der Waals surface area (Å²) in [5, 5.41) is 2.96. The van der Waals surface area contributed by atoms with Crippen LogP contribution in [-0.4, -0.2) is 50.0 Å². The van der Waals surface area contributed by atoms with Crippen molar-refractivity contribution in [1.82, 2.24) is 10.2 Å². The van der Waals surface area contributed by atoms with Crippen LogP contribution in [0.5, 0.6) is 0 Å². The molecule has 2 aromatic rings. The van der Waals surface area contributed by atoms with E-state index in [4.69, 9.17) is 23.2 Å². The summed E-state index contributed by atoms with van der Waals surface area (Å²) in [4.78, 5) is 27.5. The summed E-state index contributed by atoms with van der Waals surface area (Å²) < 4.78 is 39.5. The number of sulfonamides is 1. The van der Waals surface area contributed by atoms with E-state index in [2.05, 4.69) is 5.32 Å². The summed E-state index contributed by atoms with van der Waals surface area (Å²) in [6.07, 6.45) is 1.62. The molecule has 0 fully saturated rings. The van der Waals surface area contributed by atoms with Gasteiger partial charge in [0, 0.05) is 17.6 Å². The number of halogens is 3. The van der Waals surface area contributed by atoms with Crippen LogP contribution in [0.1, 0.15) is 32.8 Å². The summed E-state index contributed by atoms with van der Waals surface area (Å²) in [5.74, 6) is -1.75. The number of hydrogen-bond acceptors (Lipinski definition) is 4. The second-order valence-electron chi connectivity index (χ2n) is 7.97. The van der Waals surface area contributed by atoms with Crippen molar-refractivity contribution in [1.29, 1.82) is 0 Å². The molecule has 34 heavy (non-hydrogen) atoms. The highest BCUT2D eigenvalue weighted by Crippen LogP contribution is 2.25. The van der Waals surface area contributed by atoms with Crippen LogP contribution in [0.4, 0.5) is 10.1 Å². The smallest absolute Gasteiger partial charge is 0.244 e. The molecule has 1 N–H and O–H groups in total. The van der Waals surface area contributed by atoms with E-state index in [0.717, 1.165) is 22.7 Å². The average Bonchev–Trinajstić information content (AvgIpc) is 2.77. The summed E-state index contributed by atoms with van der Waals surface area (Å²) in [7, 11) is -3.95. The first-order chi connectivity index (χ1) is 15.8. The van der Waals surface area contributed by atoms with E-state index < -0.39 is 34.3 Å². The van der Waals surface area contributed by atoms with Gasteiger partial charge in [0.2, 0.25) is 21.8 Å². The number of nitrogens with zero attached hydrogens (tertiary/aromatic N) is 2. The second-order valence-corrected chi connectivity index (χ2v) is 10.7. The third-order valence-electron chi connectivity index (χ3n) is 5.34. The van der Waals surface area contributed by atoms with Crippen molar-refractivity contribution in [3.8, 4) is 0 Å². The average molecular weight is 532 g/mol. The van der Waals surface area contributed by atoms with Gasteiger partial charge in [-0.25, -0.2) is 12.8 Å². The maximum Gasteiger partial charge on any atom is 0.244 e. The molecule has 0 bridgehead atoms. The van der Waals surface area contributed by atoms with Crippen LogP contribution in [0.2, 0.25) is 10.0 Å². The van der Waals surface area contributed by atoms with E-state index in [0.29, 0.717) is 17.0 Å². The molecule has 7 nitrogen and oxygen atoms in total. The van der Waals surface area contributed by atoms with Crippen LogP contribution < -0.4 is 9.62 Å². The molecule has 0 aromatic heterocycles. The van der Waals surface area contributed by atoms with Crippen molar-refractivity contribution in [3.63, 3.8) is 0 Å². The maximum absolute atomic E-state index is 13.6. The predicted molar refractivity (Wildman–Crippen MR) is 133 cm³/mol. The van der Waals surface area contributed by atoms with Crippen molar-refractivity contribution >= 4 is 50.7 Å². The Bertz CT molecular complexity index is 1150. The standard InChI is InChI=1S/C23H28Cl2FN3O4S/c1-5-15(2)27-23(31)16(3)28(13-17-8-6-7-9-19(17)24)22(30)14-29(34(4,32)33)18-10-11-21(26)20(25)12-18/h6-12,15-16H,5,13-14H2,1-4H3,(H,27,31)/t15-,16+/m1/s1. The van der Waals surface area contributed by atoms with Gasteiger partial charge in [0.25, 0.3) is 0 Å². The quantitative estimate of drug-likeness (QED) is 0.496. The maximum atomic E-state index is 13.6. The Balaban J connectivity index is 2.42. The van der Waals surface area contributed by atoms with E-state index in [1.807, 2.05) is 13.8 Å². The number of hydrogen-bond donors (Lipinski definition) is 1. The van der Waals surface area contributed by atoms with Gasteiger partial charge in [-0.2, -0.15) is 0 Å². The minimum Gasteiger partial charge on any atom is -0.352 e. The van der Waals surface area contributed by atoms with Gasteiger partial charge in [-0.05, 0) is 50.1 Å². The third-order valence-corrected chi connectivity index (χ3v) is 7.14. The Hall–Kier alpha value is -2.36. The van der Waals surface area contributed by atoms with E-state index in [9.17, 15) is 22.4 Å². The Labute approximate surface area is 209 Å². The molecular weight excluding hydrogens is 504 g/mol. The molecule has 0 spiro atoms. The number of rotatable bonds is 10. The van der Waals surface area contributed by atoms with Gasteiger partial charge in [0.15, 0.2) is 0 Å². The Morgan fingerprint density at radius 3 is 2.29 bits per heavy atom. The number of nitrogens with one attached hydrogen (secondary N) is 1. The van der Waals surface area contributed by atoms with Gasteiger partial charge in [-0.1, -0.05) is 48.3 Å². The first-order valence-corrected chi connectivity index (χ1v) is 13.2. The lowest BCUT2D eigenvalue weighted by Gasteiger charge is -2.32. The van der Waals surface area contributed by atoms with E-state index in [-0.39, 0.29) is 29.2 Å². The molecule has 0 saturated carbocycles. The van der Waals surface area contributed by atoms with Crippen LogP contribution in [0.25, 0.3) is 0 Å². The number of carbonyl (C=O) groups excluding carboxylic acids is 2. The van der Waals surface area contributed by atoms with Crippen molar-refractivity contribution in [2.24, 2.45) is 0 Å². The fourth-order valence-corrected chi connectivity index (χ4v) is 4.32. The minimum absolute atomic E-state index is 0.0185. The number of amides is 2. The van der Waals surface area contributed by atoms with Crippen LogP contribution >= 0.6 is 23.2 Å². The molecule has 2 amide bonds. The van der Waals surface area contributed by atoms with E-state index in [1.165, 1.54) is 11.0 Å². The molecule has 0 aliphatic rings. The molecule has 0 aliphatic heterocycles. The van der Waals surface area contributed by atoms with Gasteiger partial charge in [-0.3, -0.25) is 13.9 Å². The van der Waals surface area contributed by atoms with E-state index in [1.54, 1.807) is 31.2 Å². The van der Waals surface area contributed by atoms with Gasteiger partial charge in [0.1, 0.15) is 18.4 Å². The molecule has 0 aliphatic carbocycles. The number of anilines is 1. The summed E-state index contributed by atoms with van der Waals surface area (Å²) in [6.45, 7) is 4.68. The monoisotopic (exact) mass is 531 g/mol. The first-order valence-electron chi connectivity index (χ1n) is 10.6. The number of benzene rings is 2. The fraction of sp³-hybridized carbons (Fsp3) is 0.391. The molecule has 186 valence electrons. The molecule has 0 radical (unpaired) electrons. The van der Waals surface area contributed by atoms with Crippen molar-refractivity contribution < 1.29 is 22.4 Å². The molecule has 2 rings (SSSR count). The molecule has 0 unspecified atom stereocenters. The number of carbonyl (C=O) groups is 2. The van der Waals surface area contributed by atoms with Crippen LogP contribution in [0.15, 0.2) is 42.5 Å². The Morgan fingerprint density at radius 2 is 1.74 bits per heavy atom. The van der Waals surface area contributed by atoms with E-state index >= 15 is 0 Å². The minimum atomic E-state index is -3.95. The van der Waals surface area contributed by atoms with Gasteiger partial charge < -0.3 is 10.2 Å². The lowest BCUT2D eigenvalue weighted by Crippen LogP contribution is -2.52. The molecule has 0 saturated heterocycles. The SMILES string of the molecule is CC[C@@H](C)NC(=O)[C@H](C)N(Cc1ccccc1Cl)C(=O)CN(c1ccc(F)c(Cl)c1)S(C)(=O)=O. The molecule has 2 aromatic carbocycles. The zero-order chi connectivity index (χ0) is 25.6. The molecular formula is C23H28Cl2FN3O4S. The third kappa shape index (κ3) is 7.32. The molecule has 11 heteroatoms. The van der Waals surface area contributed by atoms with Crippen molar-refractivity contribution in [3.05, 3.63) is 63.9 Å². The summed E-state index contributed by atoms with van der Waals surface area (Å²) in [5.41, 5.74) is 0.619. The lowest BCUT2D eigenvalue weighted by molar-refractivity contribution is -0.139. The lowest BCUT2D eigenvalue weighted by atomic mass is 10.1. The van der Waals surface area contributed by atoms with Crippen LogP contribution in [0.3, 0.4) is 0 Å². The largest absolute Gasteiger partial charge is 0.352 e. The Morgan fingerprint density at radius 1 is 1.09 bits per heavy atom. The van der Waals surface area contributed by atoms with Crippen molar-refractivity contribution in [2.45, 2.75) is 45.8 Å². The normalized spacial score (nSPS) is 13.1. The molecule has 2 atom stereocenters. The van der Waals surface area contributed by atoms with Gasteiger partial charge in [-0.15, -0.1) is 0 Å². The Kier molecular flexibility index (Phi) is 9.73. The van der Waals surface area contributed by atoms with Gasteiger partial charge in [0.05, 0.1) is 17.0 Å². The highest BCUT2D eigenvalue weighted by molar-refractivity contribution is 7.92. The predicted octanol–water partition coefficient (Wildman–Crippen LogP) is 4.23. The highest BCUT2D eigenvalue weighted by atomic mass is 35.5. The van der Waals surface area contributed by atoms with Crippen LogP contribution in [-0.2, 0) is 26.2 Å². The van der Waals surface area contributed by atoms with Gasteiger partial charge >= 0.3 is 0 Å². The topological polar surface area (TPSA) is 86.8 Å². The highest BCUT2D eigenvalue weighted by Gasteiger charge is 2.31. The zero-order valence-electron chi connectivity index (χ0n) is 19.4. The summed E-state index contributed by atoms with van der Waals surface area (Å²) >= 11 is 12.1.